The zero-order valence-corrected chi connectivity index (χ0v) is 13.3. The third kappa shape index (κ3) is 4.24. The SMILES string of the molecule is CCCCc1c(C(N)=O)cc([N+](=O)[O-])c([N+](=O)[O-])c1CCCC. The molecule has 8 heteroatoms. The first-order valence-electron chi connectivity index (χ1n) is 7.62. The van der Waals surface area contributed by atoms with Crippen molar-refractivity contribution in [3.63, 3.8) is 0 Å². The predicted octanol–water partition coefficient (Wildman–Crippen LogP) is 3.29. The van der Waals surface area contributed by atoms with Crippen LogP contribution in [0.15, 0.2) is 6.07 Å². The summed E-state index contributed by atoms with van der Waals surface area (Å²) in [6, 6.07) is 0.945. The number of rotatable bonds is 9. The molecule has 0 aromatic heterocycles. The third-order valence-corrected chi connectivity index (χ3v) is 3.70. The Balaban J connectivity index is 3.73. The molecule has 126 valence electrons. The molecule has 0 heterocycles. The van der Waals surface area contributed by atoms with E-state index in [0.29, 0.717) is 31.2 Å². The van der Waals surface area contributed by atoms with Crippen molar-refractivity contribution >= 4 is 17.3 Å². The summed E-state index contributed by atoms with van der Waals surface area (Å²) in [4.78, 5) is 32.7. The number of nitro benzene ring substituents is 2. The van der Waals surface area contributed by atoms with E-state index >= 15 is 0 Å². The number of benzene rings is 1. The largest absolute Gasteiger partial charge is 0.366 e. The van der Waals surface area contributed by atoms with E-state index in [1.165, 1.54) is 0 Å². The van der Waals surface area contributed by atoms with Crippen LogP contribution in [0.5, 0.6) is 0 Å². The summed E-state index contributed by atoms with van der Waals surface area (Å²) in [6.07, 6.45) is 3.71. The molecule has 1 rings (SSSR count). The molecular formula is C15H21N3O5. The minimum Gasteiger partial charge on any atom is -0.366 e. The number of carbonyl (C=O) groups excluding carboxylic acids is 1. The second kappa shape index (κ2) is 8.21. The van der Waals surface area contributed by atoms with Crippen LogP contribution >= 0.6 is 0 Å². The van der Waals surface area contributed by atoms with E-state index in [1.807, 2.05) is 13.8 Å². The van der Waals surface area contributed by atoms with Gasteiger partial charge in [-0.15, -0.1) is 0 Å². The van der Waals surface area contributed by atoms with Gasteiger partial charge in [0.25, 0.3) is 0 Å². The quantitative estimate of drug-likeness (QED) is 0.550. The van der Waals surface area contributed by atoms with Crippen LogP contribution in [-0.4, -0.2) is 15.8 Å². The summed E-state index contributed by atoms with van der Waals surface area (Å²) in [5, 5.41) is 22.6. The molecule has 0 radical (unpaired) electrons. The molecule has 1 aromatic rings. The van der Waals surface area contributed by atoms with E-state index in [9.17, 15) is 25.0 Å². The van der Waals surface area contributed by atoms with E-state index in [2.05, 4.69) is 0 Å². The number of hydrogen-bond acceptors (Lipinski definition) is 5. The molecule has 0 fully saturated rings. The van der Waals surface area contributed by atoms with Crippen molar-refractivity contribution in [1.29, 1.82) is 0 Å². The second-order valence-electron chi connectivity index (χ2n) is 5.33. The van der Waals surface area contributed by atoms with Crippen molar-refractivity contribution in [3.8, 4) is 0 Å². The van der Waals surface area contributed by atoms with Crippen LogP contribution < -0.4 is 5.73 Å². The van der Waals surface area contributed by atoms with Crippen molar-refractivity contribution in [2.45, 2.75) is 52.4 Å². The lowest BCUT2D eigenvalue weighted by Gasteiger charge is -2.13. The Morgan fingerprint density at radius 1 is 1.04 bits per heavy atom. The van der Waals surface area contributed by atoms with Gasteiger partial charge in [0.05, 0.1) is 9.85 Å². The smallest absolute Gasteiger partial charge is 0.349 e. The van der Waals surface area contributed by atoms with E-state index in [0.717, 1.165) is 18.9 Å². The molecule has 0 unspecified atom stereocenters. The highest BCUT2D eigenvalue weighted by molar-refractivity contribution is 5.96. The highest BCUT2D eigenvalue weighted by Crippen LogP contribution is 2.37. The fraction of sp³-hybridized carbons (Fsp3) is 0.533. The Kier molecular flexibility index (Phi) is 6.62. The monoisotopic (exact) mass is 323 g/mol. The molecule has 0 aliphatic heterocycles. The number of nitro groups is 2. The fourth-order valence-corrected chi connectivity index (χ4v) is 2.58. The number of nitrogens with two attached hydrogens (primary N) is 1. The molecule has 1 amide bonds. The summed E-state index contributed by atoms with van der Waals surface area (Å²) in [6.45, 7) is 3.87. The normalized spacial score (nSPS) is 10.5. The van der Waals surface area contributed by atoms with Gasteiger partial charge in [-0.05, 0) is 31.2 Å². The van der Waals surface area contributed by atoms with E-state index in [1.54, 1.807) is 0 Å². The summed E-state index contributed by atoms with van der Waals surface area (Å²) in [5.74, 6) is -0.799. The van der Waals surface area contributed by atoms with Gasteiger partial charge in [-0.25, -0.2) is 0 Å². The average molecular weight is 323 g/mol. The van der Waals surface area contributed by atoms with Crippen molar-refractivity contribution in [2.75, 3.05) is 0 Å². The van der Waals surface area contributed by atoms with Crippen molar-refractivity contribution in [1.82, 2.24) is 0 Å². The van der Waals surface area contributed by atoms with Gasteiger partial charge in [0.15, 0.2) is 0 Å². The summed E-state index contributed by atoms with van der Waals surface area (Å²) in [5.41, 5.74) is 4.93. The maximum Gasteiger partial charge on any atom is 0.349 e. The molecule has 23 heavy (non-hydrogen) atoms. The van der Waals surface area contributed by atoms with Gasteiger partial charge in [-0.2, -0.15) is 0 Å². The lowest BCUT2D eigenvalue weighted by atomic mass is 9.90. The van der Waals surface area contributed by atoms with Crippen molar-refractivity contribution in [3.05, 3.63) is 43.0 Å². The predicted molar refractivity (Wildman–Crippen MR) is 85.5 cm³/mol. The maximum atomic E-state index is 11.7. The number of carbonyl (C=O) groups is 1. The Morgan fingerprint density at radius 2 is 1.57 bits per heavy atom. The zero-order valence-electron chi connectivity index (χ0n) is 13.3. The second-order valence-corrected chi connectivity index (χ2v) is 5.33. The van der Waals surface area contributed by atoms with E-state index in [-0.39, 0.29) is 11.1 Å². The molecule has 8 nitrogen and oxygen atoms in total. The maximum absolute atomic E-state index is 11.7. The molecule has 0 aliphatic carbocycles. The molecule has 0 spiro atoms. The van der Waals surface area contributed by atoms with Gasteiger partial charge in [0.1, 0.15) is 0 Å². The summed E-state index contributed by atoms with van der Waals surface area (Å²) in [7, 11) is 0. The molecule has 2 N–H and O–H groups in total. The van der Waals surface area contributed by atoms with E-state index < -0.39 is 27.1 Å². The van der Waals surface area contributed by atoms with E-state index in [4.69, 9.17) is 5.73 Å². The standard InChI is InChI=1S/C15H21N3O5/c1-3-5-7-10-11(8-6-4-2)14(18(22)23)13(17(20)21)9-12(10)15(16)19/h9H,3-8H2,1-2H3,(H2,16,19). The van der Waals surface area contributed by atoms with Crippen molar-refractivity contribution in [2.24, 2.45) is 5.73 Å². The number of hydrogen-bond donors (Lipinski definition) is 1. The lowest BCUT2D eigenvalue weighted by molar-refractivity contribution is -0.423. The highest BCUT2D eigenvalue weighted by atomic mass is 16.6. The van der Waals surface area contributed by atoms with Crippen LogP contribution in [0.3, 0.4) is 0 Å². The topological polar surface area (TPSA) is 129 Å². The van der Waals surface area contributed by atoms with Crippen LogP contribution in [0.2, 0.25) is 0 Å². The zero-order chi connectivity index (χ0) is 17.6. The molecule has 0 saturated carbocycles. The van der Waals surface area contributed by atoms with Crippen LogP contribution in [0, 0.1) is 20.2 Å². The average Bonchev–Trinajstić information content (AvgIpc) is 2.49. The Hall–Kier alpha value is -2.51. The van der Waals surface area contributed by atoms with Crippen LogP contribution in [0.25, 0.3) is 0 Å². The molecule has 1 aromatic carbocycles. The van der Waals surface area contributed by atoms with Gasteiger partial charge >= 0.3 is 11.4 Å². The van der Waals surface area contributed by atoms with Crippen LogP contribution in [0.4, 0.5) is 11.4 Å². The highest BCUT2D eigenvalue weighted by Gasteiger charge is 2.33. The third-order valence-electron chi connectivity index (χ3n) is 3.70. The first-order valence-corrected chi connectivity index (χ1v) is 7.62. The first kappa shape index (κ1) is 18.5. The van der Waals surface area contributed by atoms with Crippen LogP contribution in [0.1, 0.15) is 61.0 Å². The Labute approximate surface area is 134 Å². The summed E-state index contributed by atoms with van der Waals surface area (Å²) < 4.78 is 0. The van der Waals surface area contributed by atoms with Gasteiger partial charge in [0, 0.05) is 17.2 Å². The lowest BCUT2D eigenvalue weighted by Crippen LogP contribution is -2.17. The van der Waals surface area contributed by atoms with Crippen molar-refractivity contribution < 1.29 is 14.6 Å². The molecule has 0 bridgehead atoms. The van der Waals surface area contributed by atoms with Gasteiger partial charge in [0.2, 0.25) is 5.91 Å². The molecule has 0 saturated heterocycles. The first-order chi connectivity index (χ1) is 10.8. The number of primary amides is 1. The molecular weight excluding hydrogens is 302 g/mol. The number of amides is 1. The number of unbranched alkanes of at least 4 members (excludes halogenated alkanes) is 2. The minimum atomic E-state index is -0.830. The van der Waals surface area contributed by atoms with Gasteiger partial charge in [-0.3, -0.25) is 25.0 Å². The number of nitrogens with zero attached hydrogens (tertiary/aromatic N) is 2. The Morgan fingerprint density at radius 3 is 1.96 bits per heavy atom. The molecule has 0 aliphatic rings. The Bertz CT molecular complexity index is 628. The minimum absolute atomic E-state index is 0.0156. The summed E-state index contributed by atoms with van der Waals surface area (Å²) >= 11 is 0. The van der Waals surface area contributed by atoms with Gasteiger partial charge < -0.3 is 5.73 Å². The van der Waals surface area contributed by atoms with Gasteiger partial charge in [-0.1, -0.05) is 26.7 Å². The van der Waals surface area contributed by atoms with Crippen LogP contribution in [-0.2, 0) is 12.8 Å². The molecule has 0 atom stereocenters. The fourth-order valence-electron chi connectivity index (χ4n) is 2.58.